The van der Waals surface area contributed by atoms with E-state index in [2.05, 4.69) is 0 Å². The molecule has 0 saturated heterocycles. The molecule has 0 aromatic carbocycles. The minimum absolute atomic E-state index is 0.164. The first-order valence-corrected chi connectivity index (χ1v) is 2.80. The second-order valence-electron chi connectivity index (χ2n) is 1.97. The van der Waals surface area contributed by atoms with Crippen LogP contribution in [0.5, 0.6) is 0 Å². The van der Waals surface area contributed by atoms with Gasteiger partial charge in [0, 0.05) is 11.3 Å². The fourth-order valence-electron chi connectivity index (χ4n) is 0.585. The van der Waals surface area contributed by atoms with E-state index in [9.17, 15) is 4.79 Å². The fourth-order valence-corrected chi connectivity index (χ4v) is 0.954. The molecule has 1 nitrogen and oxygen atoms in total. The minimum atomic E-state index is 0.164. The Kier molecular flexibility index (Phi) is 1.08. The summed E-state index contributed by atoms with van der Waals surface area (Å²) in [5.74, 6) is 0.432. The molecule has 7 heavy (non-hydrogen) atoms. The van der Waals surface area contributed by atoms with Gasteiger partial charge in [-0.1, -0.05) is 0 Å². The lowest BCUT2D eigenvalue weighted by molar-refractivity contribution is -0.118. The number of carbonyl (C=O) groups excluding carboxylic acids is 1. The first-order chi connectivity index (χ1) is 3.22. The smallest absolute Gasteiger partial charge is 0.134 e. The summed E-state index contributed by atoms with van der Waals surface area (Å²) in [4.78, 5) is 10.3. The number of halogens is 1. The zero-order valence-corrected chi connectivity index (χ0v) is 4.90. The number of Topliss-reactive ketones (excluding diaryl/α,β-unsaturated/α-hetero) is 1. The van der Waals surface area contributed by atoms with Gasteiger partial charge in [-0.05, 0) is 13.3 Å². The van der Waals surface area contributed by atoms with Crippen LogP contribution in [0.2, 0.25) is 0 Å². The molecule has 0 radical (unpaired) electrons. The van der Waals surface area contributed by atoms with Crippen LogP contribution in [0.4, 0.5) is 0 Å². The van der Waals surface area contributed by atoms with Gasteiger partial charge in [-0.3, -0.25) is 4.79 Å². The Balaban J connectivity index is 2.33. The summed E-state index contributed by atoms with van der Waals surface area (Å²) >= 11 is 5.53. The number of ketones is 1. The Morgan fingerprint density at radius 2 is 2.29 bits per heavy atom. The molecule has 0 unspecified atom stereocenters. The van der Waals surface area contributed by atoms with E-state index in [1.165, 1.54) is 0 Å². The summed E-state index contributed by atoms with van der Waals surface area (Å²) in [6.45, 7) is 1.59. The third-order valence-electron chi connectivity index (χ3n) is 1.23. The zero-order chi connectivity index (χ0) is 5.44. The standard InChI is InChI=1S/C5H7ClO/c1-3(7)4-2-5(4)6/h4-5H,2H2,1H3/t4-,5-/m0/s1. The molecule has 0 aromatic rings. The molecule has 0 spiro atoms. The summed E-state index contributed by atoms with van der Waals surface area (Å²) in [5, 5.41) is 0.164. The third-order valence-corrected chi connectivity index (χ3v) is 1.72. The Labute approximate surface area is 47.7 Å². The molecule has 1 aliphatic carbocycles. The molecule has 1 fully saturated rings. The first-order valence-electron chi connectivity index (χ1n) is 2.36. The molecular formula is C5H7ClO. The van der Waals surface area contributed by atoms with Crippen LogP contribution < -0.4 is 0 Å². The van der Waals surface area contributed by atoms with Crippen LogP contribution in [0.25, 0.3) is 0 Å². The van der Waals surface area contributed by atoms with Crippen LogP contribution in [0.15, 0.2) is 0 Å². The van der Waals surface area contributed by atoms with Gasteiger partial charge in [-0.15, -0.1) is 11.6 Å². The van der Waals surface area contributed by atoms with Crippen LogP contribution in [0.1, 0.15) is 13.3 Å². The van der Waals surface area contributed by atoms with Crippen molar-refractivity contribution < 1.29 is 4.79 Å². The highest BCUT2D eigenvalue weighted by atomic mass is 35.5. The van der Waals surface area contributed by atoms with Crippen molar-refractivity contribution >= 4 is 17.4 Å². The fraction of sp³-hybridized carbons (Fsp3) is 0.800. The van der Waals surface area contributed by atoms with Crippen LogP contribution in [-0.2, 0) is 4.79 Å². The summed E-state index contributed by atoms with van der Waals surface area (Å²) < 4.78 is 0. The van der Waals surface area contributed by atoms with Gasteiger partial charge in [0.25, 0.3) is 0 Å². The van der Waals surface area contributed by atoms with Crippen LogP contribution in [0.3, 0.4) is 0 Å². The largest absolute Gasteiger partial charge is 0.300 e. The molecule has 0 N–H and O–H groups in total. The summed E-state index contributed by atoms with van der Waals surface area (Å²) in [7, 11) is 0. The van der Waals surface area contributed by atoms with Gasteiger partial charge < -0.3 is 0 Å². The van der Waals surface area contributed by atoms with Crippen molar-refractivity contribution in [1.29, 1.82) is 0 Å². The van der Waals surface area contributed by atoms with Crippen molar-refractivity contribution in [1.82, 2.24) is 0 Å². The van der Waals surface area contributed by atoms with Crippen LogP contribution in [0, 0.1) is 5.92 Å². The molecule has 1 aliphatic rings. The molecule has 40 valence electrons. The highest BCUT2D eigenvalue weighted by Crippen LogP contribution is 2.36. The van der Waals surface area contributed by atoms with Crippen LogP contribution in [-0.4, -0.2) is 11.2 Å². The van der Waals surface area contributed by atoms with Gasteiger partial charge in [0.1, 0.15) is 5.78 Å². The topological polar surface area (TPSA) is 17.1 Å². The van der Waals surface area contributed by atoms with Crippen molar-refractivity contribution in [3.63, 3.8) is 0 Å². The lowest BCUT2D eigenvalue weighted by atomic mass is 10.3. The van der Waals surface area contributed by atoms with Crippen LogP contribution >= 0.6 is 11.6 Å². The van der Waals surface area contributed by atoms with Crippen molar-refractivity contribution in [3.05, 3.63) is 0 Å². The van der Waals surface area contributed by atoms with Gasteiger partial charge >= 0.3 is 0 Å². The molecule has 0 aliphatic heterocycles. The molecule has 1 rings (SSSR count). The van der Waals surface area contributed by atoms with E-state index < -0.39 is 0 Å². The Hall–Kier alpha value is -0.0400. The van der Waals surface area contributed by atoms with Gasteiger partial charge in [0.15, 0.2) is 0 Å². The van der Waals surface area contributed by atoms with Gasteiger partial charge in [0.2, 0.25) is 0 Å². The molecular weight excluding hydrogens is 112 g/mol. The second kappa shape index (κ2) is 1.48. The zero-order valence-electron chi connectivity index (χ0n) is 4.15. The Morgan fingerprint density at radius 1 is 1.86 bits per heavy atom. The average Bonchev–Trinajstić information content (AvgIpc) is 2.17. The van der Waals surface area contributed by atoms with Crippen molar-refractivity contribution in [2.45, 2.75) is 18.7 Å². The van der Waals surface area contributed by atoms with Gasteiger partial charge in [-0.25, -0.2) is 0 Å². The molecule has 0 bridgehead atoms. The Morgan fingerprint density at radius 3 is 2.29 bits per heavy atom. The van der Waals surface area contributed by atoms with E-state index in [4.69, 9.17) is 11.6 Å². The lowest BCUT2D eigenvalue weighted by Crippen LogP contribution is -1.93. The highest BCUT2D eigenvalue weighted by Gasteiger charge is 2.38. The number of hydrogen-bond donors (Lipinski definition) is 0. The number of hydrogen-bond acceptors (Lipinski definition) is 1. The van der Waals surface area contributed by atoms with E-state index in [0.717, 1.165) is 6.42 Å². The summed E-state index contributed by atoms with van der Waals surface area (Å²) in [6, 6.07) is 0. The maximum absolute atomic E-state index is 10.3. The predicted octanol–water partition coefficient (Wildman–Crippen LogP) is 1.20. The number of carbonyl (C=O) groups is 1. The third kappa shape index (κ3) is 0.942. The summed E-state index contributed by atoms with van der Waals surface area (Å²) in [5.41, 5.74) is 0. The van der Waals surface area contributed by atoms with Crippen molar-refractivity contribution in [3.8, 4) is 0 Å². The monoisotopic (exact) mass is 118 g/mol. The molecule has 2 heteroatoms. The molecule has 1 saturated carbocycles. The molecule has 0 amide bonds. The SMILES string of the molecule is CC(=O)[C@@H]1C[C@@H]1Cl. The number of alkyl halides is 1. The lowest BCUT2D eigenvalue weighted by Gasteiger charge is -1.79. The van der Waals surface area contributed by atoms with E-state index in [-0.39, 0.29) is 17.1 Å². The number of rotatable bonds is 1. The van der Waals surface area contributed by atoms with E-state index in [0.29, 0.717) is 0 Å². The molecule has 0 aromatic heterocycles. The summed E-state index contributed by atoms with van der Waals surface area (Å²) in [6.07, 6.45) is 0.900. The van der Waals surface area contributed by atoms with E-state index in [1.807, 2.05) is 0 Å². The van der Waals surface area contributed by atoms with Gasteiger partial charge in [-0.2, -0.15) is 0 Å². The second-order valence-corrected chi connectivity index (χ2v) is 2.53. The predicted molar refractivity (Wildman–Crippen MR) is 28.4 cm³/mol. The van der Waals surface area contributed by atoms with Gasteiger partial charge in [0.05, 0.1) is 0 Å². The molecule has 2 atom stereocenters. The van der Waals surface area contributed by atoms with E-state index in [1.54, 1.807) is 6.92 Å². The molecule has 0 heterocycles. The van der Waals surface area contributed by atoms with Crippen molar-refractivity contribution in [2.24, 2.45) is 5.92 Å². The maximum atomic E-state index is 10.3. The quantitative estimate of drug-likeness (QED) is 0.473. The average molecular weight is 119 g/mol. The normalized spacial score (nSPS) is 38.0. The minimum Gasteiger partial charge on any atom is -0.300 e. The van der Waals surface area contributed by atoms with Crippen molar-refractivity contribution in [2.75, 3.05) is 0 Å². The maximum Gasteiger partial charge on any atom is 0.134 e. The van der Waals surface area contributed by atoms with E-state index >= 15 is 0 Å². The highest BCUT2D eigenvalue weighted by molar-refractivity contribution is 6.24. The first kappa shape index (κ1) is 5.10. The Bertz CT molecular complexity index is 100.